The molecule has 0 saturated heterocycles. The first-order valence-electron chi connectivity index (χ1n) is 7.57. The van der Waals surface area contributed by atoms with Crippen molar-refractivity contribution in [2.45, 2.75) is 0 Å². The lowest BCUT2D eigenvalue weighted by atomic mass is 10.1. The molecule has 0 aliphatic heterocycles. The molecule has 0 atom stereocenters. The molecule has 1 N–H and O–H groups in total. The molecule has 0 bridgehead atoms. The van der Waals surface area contributed by atoms with Gasteiger partial charge in [-0.3, -0.25) is 9.59 Å². The molecule has 0 saturated carbocycles. The Kier molecular flexibility index (Phi) is 6.71. The number of nitrogens with zero attached hydrogens (tertiary/aromatic N) is 1. The zero-order valence-electron chi connectivity index (χ0n) is 14.5. The van der Waals surface area contributed by atoms with Crippen LogP contribution in [0.3, 0.4) is 0 Å². The number of nitrogens with one attached hydrogen (secondary N) is 1. The van der Waals surface area contributed by atoms with E-state index in [0.29, 0.717) is 32.8 Å². The molecule has 2 aromatic carbocycles. The second-order valence-corrected chi connectivity index (χ2v) is 6.25. The van der Waals surface area contributed by atoms with Crippen molar-refractivity contribution in [1.29, 1.82) is 0 Å². The average molecular weight is 397 g/mol. The molecular weight excluding hydrogens is 379 g/mol. The molecule has 0 fully saturated rings. The van der Waals surface area contributed by atoms with Gasteiger partial charge in [0.1, 0.15) is 11.5 Å². The van der Waals surface area contributed by atoms with E-state index in [4.69, 9.17) is 32.7 Å². The Morgan fingerprint density at radius 1 is 1.00 bits per heavy atom. The Morgan fingerprint density at radius 3 is 2.15 bits per heavy atom. The van der Waals surface area contributed by atoms with Crippen LogP contribution in [-0.4, -0.2) is 44.5 Å². The quantitative estimate of drug-likeness (QED) is 0.807. The molecule has 2 rings (SSSR count). The summed E-state index contributed by atoms with van der Waals surface area (Å²) in [7, 11) is 4.53. The van der Waals surface area contributed by atoms with Gasteiger partial charge in [-0.1, -0.05) is 23.2 Å². The van der Waals surface area contributed by atoms with Crippen molar-refractivity contribution in [2.75, 3.05) is 33.1 Å². The van der Waals surface area contributed by atoms with Gasteiger partial charge >= 0.3 is 0 Å². The number of carbonyl (C=O) groups excluding carboxylic acids is 2. The van der Waals surface area contributed by atoms with Gasteiger partial charge in [0, 0.05) is 24.4 Å². The number of rotatable bonds is 6. The number of methoxy groups -OCH3 is 2. The van der Waals surface area contributed by atoms with Crippen molar-refractivity contribution in [3.05, 3.63) is 52.0 Å². The van der Waals surface area contributed by atoms with Crippen molar-refractivity contribution < 1.29 is 19.1 Å². The molecule has 0 aliphatic rings. The fourth-order valence-electron chi connectivity index (χ4n) is 2.21. The first kappa shape index (κ1) is 19.9. The number of anilines is 1. The number of amides is 2. The minimum absolute atomic E-state index is 0.140. The standard InChI is InChI=1S/C18H18Cl2N2O4/c1-22(10-17(23)21-12-4-5-15(19)16(20)8-12)18(24)11-6-13(25-2)9-14(7-11)26-3/h4-9H,10H2,1-3H3,(H,21,23). The van der Waals surface area contributed by atoms with E-state index in [-0.39, 0.29) is 18.4 Å². The summed E-state index contributed by atoms with van der Waals surface area (Å²) in [6.45, 7) is -0.140. The fourth-order valence-corrected chi connectivity index (χ4v) is 2.51. The molecular formula is C18H18Cl2N2O4. The summed E-state index contributed by atoms with van der Waals surface area (Å²) in [5.41, 5.74) is 0.847. The second-order valence-electron chi connectivity index (χ2n) is 5.44. The normalized spacial score (nSPS) is 10.2. The molecule has 138 valence electrons. The lowest BCUT2D eigenvalue weighted by Crippen LogP contribution is -2.34. The number of ether oxygens (including phenoxy) is 2. The van der Waals surface area contributed by atoms with Crippen LogP contribution in [0.25, 0.3) is 0 Å². The number of benzene rings is 2. The highest BCUT2D eigenvalue weighted by Gasteiger charge is 2.17. The predicted molar refractivity (Wildman–Crippen MR) is 102 cm³/mol. The minimum atomic E-state index is -0.367. The number of hydrogen-bond acceptors (Lipinski definition) is 4. The molecule has 0 unspecified atom stereocenters. The van der Waals surface area contributed by atoms with Gasteiger partial charge in [0.2, 0.25) is 5.91 Å². The number of halogens is 2. The van der Waals surface area contributed by atoms with Gasteiger partial charge in [-0.15, -0.1) is 0 Å². The minimum Gasteiger partial charge on any atom is -0.497 e. The molecule has 0 radical (unpaired) electrons. The third kappa shape index (κ3) is 5.03. The SMILES string of the molecule is COc1cc(OC)cc(C(=O)N(C)CC(=O)Nc2ccc(Cl)c(Cl)c2)c1. The summed E-state index contributed by atoms with van der Waals surface area (Å²) in [5.74, 6) is 0.267. The molecule has 2 amide bonds. The highest BCUT2D eigenvalue weighted by atomic mass is 35.5. The summed E-state index contributed by atoms with van der Waals surface area (Å²) in [5, 5.41) is 3.39. The molecule has 8 heteroatoms. The van der Waals surface area contributed by atoms with Gasteiger partial charge in [0.25, 0.3) is 5.91 Å². The van der Waals surface area contributed by atoms with Crippen LogP contribution in [0.5, 0.6) is 11.5 Å². The maximum absolute atomic E-state index is 12.6. The summed E-state index contributed by atoms with van der Waals surface area (Å²) in [6.07, 6.45) is 0. The van der Waals surface area contributed by atoms with E-state index in [1.165, 1.54) is 32.2 Å². The van der Waals surface area contributed by atoms with E-state index in [2.05, 4.69) is 5.32 Å². The summed E-state index contributed by atoms with van der Waals surface area (Å²) < 4.78 is 10.3. The molecule has 0 spiro atoms. The Balaban J connectivity index is 2.06. The van der Waals surface area contributed by atoms with Gasteiger partial charge in [-0.05, 0) is 30.3 Å². The van der Waals surface area contributed by atoms with Crippen LogP contribution in [0.4, 0.5) is 5.69 Å². The topological polar surface area (TPSA) is 67.9 Å². The Hall–Kier alpha value is -2.44. The van der Waals surface area contributed by atoms with Crippen LogP contribution in [0, 0.1) is 0 Å². The Labute approximate surface area is 161 Å². The van der Waals surface area contributed by atoms with E-state index >= 15 is 0 Å². The largest absolute Gasteiger partial charge is 0.497 e. The molecule has 0 heterocycles. The van der Waals surface area contributed by atoms with Crippen LogP contribution >= 0.6 is 23.2 Å². The van der Waals surface area contributed by atoms with Crippen LogP contribution in [0.15, 0.2) is 36.4 Å². The number of likely N-dealkylation sites (N-methyl/N-ethyl adjacent to an activating group) is 1. The summed E-state index contributed by atoms with van der Waals surface area (Å²) in [4.78, 5) is 26.0. The van der Waals surface area contributed by atoms with Gasteiger partial charge in [-0.2, -0.15) is 0 Å². The van der Waals surface area contributed by atoms with E-state index in [1.54, 1.807) is 30.3 Å². The fraction of sp³-hybridized carbons (Fsp3) is 0.222. The van der Waals surface area contributed by atoms with Crippen LogP contribution in [0.2, 0.25) is 10.0 Å². The van der Waals surface area contributed by atoms with Gasteiger partial charge in [0.15, 0.2) is 0 Å². The van der Waals surface area contributed by atoms with Crippen LogP contribution in [0.1, 0.15) is 10.4 Å². The van der Waals surface area contributed by atoms with Crippen LogP contribution in [-0.2, 0) is 4.79 Å². The lowest BCUT2D eigenvalue weighted by Gasteiger charge is -2.18. The molecule has 26 heavy (non-hydrogen) atoms. The highest BCUT2D eigenvalue weighted by Crippen LogP contribution is 2.25. The molecule has 6 nitrogen and oxygen atoms in total. The Morgan fingerprint density at radius 2 is 1.62 bits per heavy atom. The van der Waals surface area contributed by atoms with Crippen molar-refractivity contribution in [3.63, 3.8) is 0 Å². The summed E-state index contributed by atoms with van der Waals surface area (Å²) >= 11 is 11.8. The molecule has 0 aromatic heterocycles. The second kappa shape index (κ2) is 8.78. The van der Waals surface area contributed by atoms with E-state index in [9.17, 15) is 9.59 Å². The van der Waals surface area contributed by atoms with E-state index in [1.807, 2.05) is 0 Å². The van der Waals surface area contributed by atoms with Crippen molar-refractivity contribution >= 4 is 40.7 Å². The monoisotopic (exact) mass is 396 g/mol. The first-order valence-corrected chi connectivity index (χ1v) is 8.33. The third-order valence-electron chi connectivity index (χ3n) is 3.53. The van der Waals surface area contributed by atoms with E-state index in [0.717, 1.165) is 0 Å². The molecule has 2 aromatic rings. The summed E-state index contributed by atoms with van der Waals surface area (Å²) in [6, 6.07) is 9.57. The number of hydrogen-bond donors (Lipinski definition) is 1. The van der Waals surface area contributed by atoms with Crippen molar-refractivity contribution in [3.8, 4) is 11.5 Å². The van der Waals surface area contributed by atoms with Gasteiger partial charge in [-0.25, -0.2) is 0 Å². The maximum atomic E-state index is 12.6. The van der Waals surface area contributed by atoms with Gasteiger partial charge < -0.3 is 19.7 Å². The highest BCUT2D eigenvalue weighted by molar-refractivity contribution is 6.42. The predicted octanol–water partition coefficient (Wildman–Crippen LogP) is 3.72. The Bertz CT molecular complexity index is 805. The average Bonchev–Trinajstić information content (AvgIpc) is 2.63. The first-order chi connectivity index (χ1) is 12.3. The van der Waals surface area contributed by atoms with E-state index < -0.39 is 0 Å². The maximum Gasteiger partial charge on any atom is 0.254 e. The third-order valence-corrected chi connectivity index (χ3v) is 4.27. The number of carbonyl (C=O) groups is 2. The smallest absolute Gasteiger partial charge is 0.254 e. The van der Waals surface area contributed by atoms with Crippen LogP contribution < -0.4 is 14.8 Å². The lowest BCUT2D eigenvalue weighted by molar-refractivity contribution is -0.116. The van der Waals surface area contributed by atoms with Crippen molar-refractivity contribution in [2.24, 2.45) is 0 Å². The zero-order chi connectivity index (χ0) is 19.3. The van der Waals surface area contributed by atoms with Gasteiger partial charge in [0.05, 0.1) is 30.8 Å². The van der Waals surface area contributed by atoms with Crippen molar-refractivity contribution in [1.82, 2.24) is 4.90 Å². The molecule has 0 aliphatic carbocycles. The zero-order valence-corrected chi connectivity index (χ0v) is 16.0.